The molecule has 3 aliphatic heterocycles. The topological polar surface area (TPSA) is 352 Å². The Labute approximate surface area is 366 Å². The van der Waals surface area contributed by atoms with Crippen LogP contribution in [0.2, 0.25) is 0 Å². The molecule has 0 aromatic rings. The van der Waals surface area contributed by atoms with Crippen LogP contribution in [0.25, 0.3) is 0 Å². The molecule has 0 bridgehead atoms. The average molecular weight is 918 g/mol. The second-order valence-electron chi connectivity index (χ2n) is 17.3. The third-order valence-electron chi connectivity index (χ3n) is 10.8. The molecule has 24 nitrogen and oxygen atoms in total. The minimum Gasteiger partial charge on any atom is -0.394 e. The summed E-state index contributed by atoms with van der Waals surface area (Å²) >= 11 is 0. The van der Waals surface area contributed by atoms with Crippen LogP contribution in [-0.2, 0) is 57.0 Å². The van der Waals surface area contributed by atoms with Crippen LogP contribution in [0.4, 0.5) is 0 Å². The first-order valence-electron chi connectivity index (χ1n) is 21.0. The SMILES string of the molecule is CC1[C@H](OCCC(=O)COCC(COCC(=O)NCO[C@@H]2OC(CO)[C@H](O)[C@H](O)C2C)(COCC(=O)NCO[C@@H]2OC(CO)[C@H](O)[C@H](O)C2C)NC(C)(C)C)OC(CO)[C@H](O)[C@@H]1O. The molecule has 3 aliphatic rings. The average Bonchev–Trinajstić information content (AvgIpc) is 3.23. The lowest BCUT2D eigenvalue weighted by Gasteiger charge is -2.40. The summed E-state index contributed by atoms with van der Waals surface area (Å²) < 4.78 is 50.8. The summed E-state index contributed by atoms with van der Waals surface area (Å²) in [4.78, 5) is 38.5. The first-order valence-corrected chi connectivity index (χ1v) is 21.0. The third kappa shape index (κ3) is 16.9. The van der Waals surface area contributed by atoms with Gasteiger partial charge in [-0.3, -0.25) is 14.4 Å². The van der Waals surface area contributed by atoms with Crippen molar-refractivity contribution < 1.29 is 103 Å². The van der Waals surface area contributed by atoms with Gasteiger partial charge in [0.25, 0.3) is 0 Å². The van der Waals surface area contributed by atoms with E-state index in [-0.39, 0.29) is 52.1 Å². The summed E-state index contributed by atoms with van der Waals surface area (Å²) in [6.07, 6.45) is -14.1. The third-order valence-corrected chi connectivity index (χ3v) is 10.8. The molecule has 2 amide bonds. The smallest absolute Gasteiger partial charge is 0.247 e. The number of aliphatic hydroxyl groups excluding tert-OH is 9. The van der Waals surface area contributed by atoms with Gasteiger partial charge in [-0.05, 0) is 20.8 Å². The second kappa shape index (κ2) is 26.3. The Kier molecular flexibility index (Phi) is 23.0. The largest absolute Gasteiger partial charge is 0.394 e. The summed E-state index contributed by atoms with van der Waals surface area (Å²) in [5.74, 6) is -3.65. The quantitative estimate of drug-likeness (QED) is 0.0360. The van der Waals surface area contributed by atoms with Crippen LogP contribution in [0.15, 0.2) is 0 Å². The van der Waals surface area contributed by atoms with Crippen molar-refractivity contribution in [3.05, 3.63) is 0 Å². The van der Waals surface area contributed by atoms with E-state index in [1.807, 2.05) is 20.8 Å². The maximum Gasteiger partial charge on any atom is 0.247 e. The van der Waals surface area contributed by atoms with Gasteiger partial charge in [-0.2, -0.15) is 0 Å². The zero-order chi connectivity index (χ0) is 47.1. The Morgan fingerprint density at radius 1 is 0.540 bits per heavy atom. The number of amides is 2. The van der Waals surface area contributed by atoms with Gasteiger partial charge in [-0.1, -0.05) is 20.8 Å². The van der Waals surface area contributed by atoms with Crippen LogP contribution in [0.1, 0.15) is 48.0 Å². The Balaban J connectivity index is 1.59. The lowest BCUT2D eigenvalue weighted by atomic mass is 9.92. The van der Waals surface area contributed by atoms with E-state index in [4.69, 9.17) is 42.6 Å². The highest BCUT2D eigenvalue weighted by Crippen LogP contribution is 2.29. The van der Waals surface area contributed by atoms with Crippen molar-refractivity contribution in [2.45, 2.75) is 133 Å². The molecule has 3 fully saturated rings. The monoisotopic (exact) mass is 917 g/mol. The molecule has 3 saturated heterocycles. The Morgan fingerprint density at radius 3 is 1.24 bits per heavy atom. The van der Waals surface area contributed by atoms with Gasteiger partial charge in [0, 0.05) is 29.7 Å². The number of rotatable bonds is 26. The Bertz CT molecular complexity index is 1230. The maximum atomic E-state index is 12.9. The molecule has 3 rings (SSSR count). The Hall–Kier alpha value is -2.15. The molecule has 24 heteroatoms. The highest BCUT2D eigenvalue weighted by molar-refractivity contribution is 5.79. The summed E-state index contributed by atoms with van der Waals surface area (Å²) in [6, 6.07) is 0. The molecule has 0 spiro atoms. The lowest BCUT2D eigenvalue weighted by molar-refractivity contribution is -0.283. The molecule has 0 aromatic carbocycles. The first-order chi connectivity index (χ1) is 29.7. The van der Waals surface area contributed by atoms with Crippen LogP contribution in [-0.4, -0.2) is 228 Å². The molecule has 0 saturated carbocycles. The van der Waals surface area contributed by atoms with Crippen LogP contribution in [0.3, 0.4) is 0 Å². The highest BCUT2D eigenvalue weighted by atomic mass is 16.7. The van der Waals surface area contributed by atoms with Gasteiger partial charge in [0.2, 0.25) is 11.8 Å². The Morgan fingerprint density at radius 2 is 0.889 bits per heavy atom. The van der Waals surface area contributed by atoms with E-state index in [2.05, 4.69) is 16.0 Å². The van der Waals surface area contributed by atoms with Gasteiger partial charge in [0.15, 0.2) is 24.7 Å². The van der Waals surface area contributed by atoms with Crippen LogP contribution in [0.5, 0.6) is 0 Å². The van der Waals surface area contributed by atoms with Crippen molar-refractivity contribution in [2.24, 2.45) is 17.8 Å². The van der Waals surface area contributed by atoms with Gasteiger partial charge >= 0.3 is 0 Å². The summed E-state index contributed by atoms with van der Waals surface area (Å²) in [5.41, 5.74) is -1.93. The van der Waals surface area contributed by atoms with E-state index in [1.54, 1.807) is 20.8 Å². The van der Waals surface area contributed by atoms with E-state index in [9.17, 15) is 60.3 Å². The first kappa shape index (κ1) is 55.2. The molecule has 0 aliphatic carbocycles. The lowest BCUT2D eigenvalue weighted by Crippen LogP contribution is -2.62. The molecular weight excluding hydrogens is 846 g/mol. The molecule has 368 valence electrons. The predicted octanol–water partition coefficient (Wildman–Crippen LogP) is -5.46. The molecule has 0 aromatic heterocycles. The van der Waals surface area contributed by atoms with E-state index >= 15 is 0 Å². The number of hydrogen-bond donors (Lipinski definition) is 12. The van der Waals surface area contributed by atoms with Crippen molar-refractivity contribution in [2.75, 3.05) is 79.5 Å². The predicted molar refractivity (Wildman–Crippen MR) is 213 cm³/mol. The van der Waals surface area contributed by atoms with Crippen LogP contribution >= 0.6 is 0 Å². The van der Waals surface area contributed by atoms with Crippen molar-refractivity contribution in [3.63, 3.8) is 0 Å². The number of carbonyl (C=O) groups is 3. The maximum absolute atomic E-state index is 12.9. The van der Waals surface area contributed by atoms with Crippen molar-refractivity contribution in [3.8, 4) is 0 Å². The van der Waals surface area contributed by atoms with Crippen molar-refractivity contribution in [1.29, 1.82) is 0 Å². The van der Waals surface area contributed by atoms with E-state index in [1.165, 1.54) is 0 Å². The van der Waals surface area contributed by atoms with E-state index < -0.39 is 154 Å². The fourth-order valence-corrected chi connectivity index (χ4v) is 7.17. The van der Waals surface area contributed by atoms with Crippen LogP contribution in [0, 0.1) is 17.8 Å². The second-order valence-corrected chi connectivity index (χ2v) is 17.3. The van der Waals surface area contributed by atoms with Crippen LogP contribution < -0.4 is 16.0 Å². The molecule has 12 N–H and O–H groups in total. The van der Waals surface area contributed by atoms with E-state index in [0.717, 1.165) is 0 Å². The normalized spacial score (nSPS) is 34.9. The van der Waals surface area contributed by atoms with Crippen molar-refractivity contribution in [1.82, 2.24) is 16.0 Å². The molecule has 15 atom stereocenters. The zero-order valence-corrected chi connectivity index (χ0v) is 36.8. The van der Waals surface area contributed by atoms with E-state index in [0.29, 0.717) is 0 Å². The number of carbonyl (C=O) groups excluding carboxylic acids is 3. The number of aliphatic hydroxyl groups is 9. The standard InChI is InChI=1S/C39H71N3O21/c1-20-29(49)32(52)24(9-43)61-35(20)58-8-7-23(46)12-55-15-39(42-38(4,5)6,16-56-13-27(47)40-18-59-36-21(2)30(50)33(53)25(10-44)62-36)17-57-14-28(48)41-19-60-37-22(3)31(51)34(54)26(11-45)63-37/h20-22,24-26,29-37,42-45,49-54H,7-19H2,1-6H3,(H,40,47)(H,41,48)/t20?,21?,22?,24?,25?,26?,29-,30-,31-,32+,33+,34+,35-,36-,37-,39?/m1/s1. The van der Waals surface area contributed by atoms with Gasteiger partial charge in [-0.25, -0.2) is 0 Å². The number of nitrogens with one attached hydrogen (secondary N) is 3. The van der Waals surface area contributed by atoms with Gasteiger partial charge < -0.3 is 105 Å². The minimum absolute atomic E-state index is 0.123. The van der Waals surface area contributed by atoms with Crippen molar-refractivity contribution >= 4 is 17.6 Å². The highest BCUT2D eigenvalue weighted by Gasteiger charge is 2.45. The molecule has 0 radical (unpaired) electrons. The summed E-state index contributed by atoms with van der Waals surface area (Å²) in [5, 5.41) is 97.8. The number of ether oxygens (including phenoxy) is 9. The van der Waals surface area contributed by atoms with Gasteiger partial charge in [-0.15, -0.1) is 0 Å². The van der Waals surface area contributed by atoms with Gasteiger partial charge in [0.1, 0.15) is 69.9 Å². The minimum atomic E-state index is -1.32. The zero-order valence-electron chi connectivity index (χ0n) is 36.8. The molecule has 63 heavy (non-hydrogen) atoms. The fraction of sp³-hybridized carbons (Fsp3) is 0.923. The number of Topliss-reactive ketones (excluding diaryl/α,β-unsaturated/α-hetero) is 1. The summed E-state index contributed by atoms with van der Waals surface area (Å²) in [6.45, 7) is 5.57. The van der Waals surface area contributed by atoms with Gasteiger partial charge in [0.05, 0.1) is 70.1 Å². The molecule has 6 unspecified atom stereocenters. The summed E-state index contributed by atoms with van der Waals surface area (Å²) in [7, 11) is 0. The molecule has 3 heterocycles. The number of hydrogen-bond acceptors (Lipinski definition) is 22. The number of ketones is 1. The molecular formula is C39H71N3O21. The fourth-order valence-electron chi connectivity index (χ4n) is 7.17.